The van der Waals surface area contributed by atoms with E-state index in [1.807, 2.05) is 32.9 Å². The van der Waals surface area contributed by atoms with Crippen LogP contribution in [0.15, 0.2) is 23.0 Å². The van der Waals surface area contributed by atoms with Gasteiger partial charge in [-0.2, -0.15) is 0 Å². The number of nitrogens with one attached hydrogen (secondary N) is 3. The fraction of sp³-hybridized carbons (Fsp3) is 0.400. The first-order chi connectivity index (χ1) is 12.8. The van der Waals surface area contributed by atoms with E-state index in [9.17, 15) is 9.59 Å². The van der Waals surface area contributed by atoms with Gasteiger partial charge in [0.2, 0.25) is 0 Å². The summed E-state index contributed by atoms with van der Waals surface area (Å²) in [6.45, 7) is 7.14. The number of benzene rings is 1. The van der Waals surface area contributed by atoms with Gasteiger partial charge in [-0.25, -0.2) is 0 Å². The Hall–Kier alpha value is -2.31. The third-order valence-electron chi connectivity index (χ3n) is 4.48. The number of rotatable bonds is 8. The SMILES string of the molecule is Cc1cc(C)c(CNC(=O)c2cc(Cl)cc(NCCCCN)c2C)c(=O)[nH]1. The van der Waals surface area contributed by atoms with Crippen LogP contribution in [0.4, 0.5) is 5.69 Å². The number of carbonyl (C=O) groups excluding carboxylic acids is 1. The molecular formula is C20H27ClN4O2. The number of unbranched alkanes of at least 4 members (excludes halogenated alkanes) is 1. The predicted octanol–water partition coefficient (Wildman–Crippen LogP) is 3.03. The lowest BCUT2D eigenvalue weighted by molar-refractivity contribution is 0.0950. The number of aromatic amines is 1. The van der Waals surface area contributed by atoms with E-state index in [1.165, 1.54) is 0 Å². The molecule has 1 aromatic carbocycles. The van der Waals surface area contributed by atoms with Crippen LogP contribution in [-0.2, 0) is 6.54 Å². The summed E-state index contributed by atoms with van der Waals surface area (Å²) < 4.78 is 0. The number of halogens is 1. The maximum Gasteiger partial charge on any atom is 0.253 e. The first kappa shape index (κ1) is 21.0. The molecule has 0 saturated heterocycles. The Labute approximate surface area is 164 Å². The van der Waals surface area contributed by atoms with Gasteiger partial charge in [-0.15, -0.1) is 0 Å². The molecule has 7 heteroatoms. The Morgan fingerprint density at radius 2 is 1.93 bits per heavy atom. The summed E-state index contributed by atoms with van der Waals surface area (Å²) in [5, 5.41) is 6.62. The summed E-state index contributed by atoms with van der Waals surface area (Å²) in [5.41, 5.74) is 9.66. The van der Waals surface area contributed by atoms with Crippen molar-refractivity contribution in [3.63, 3.8) is 0 Å². The Kier molecular flexibility index (Phi) is 7.45. The maximum atomic E-state index is 12.7. The van der Waals surface area contributed by atoms with Crippen LogP contribution < -0.4 is 21.9 Å². The predicted molar refractivity (Wildman–Crippen MR) is 111 cm³/mol. The van der Waals surface area contributed by atoms with Crippen molar-refractivity contribution in [3.8, 4) is 0 Å². The van der Waals surface area contributed by atoms with Crippen molar-refractivity contribution in [2.24, 2.45) is 5.73 Å². The van der Waals surface area contributed by atoms with Crippen molar-refractivity contribution in [3.05, 3.63) is 61.5 Å². The quantitative estimate of drug-likeness (QED) is 0.520. The van der Waals surface area contributed by atoms with Gasteiger partial charge in [-0.3, -0.25) is 9.59 Å². The third-order valence-corrected chi connectivity index (χ3v) is 4.70. The Morgan fingerprint density at radius 3 is 2.59 bits per heavy atom. The summed E-state index contributed by atoms with van der Waals surface area (Å²) in [4.78, 5) is 27.6. The van der Waals surface area contributed by atoms with Gasteiger partial charge >= 0.3 is 0 Å². The lowest BCUT2D eigenvalue weighted by Gasteiger charge is -2.15. The zero-order valence-electron chi connectivity index (χ0n) is 16.0. The molecule has 146 valence electrons. The summed E-state index contributed by atoms with van der Waals surface area (Å²) in [6, 6.07) is 5.34. The molecule has 5 N–H and O–H groups in total. The van der Waals surface area contributed by atoms with E-state index in [0.717, 1.165) is 41.9 Å². The molecule has 1 heterocycles. The molecule has 27 heavy (non-hydrogen) atoms. The molecule has 1 amide bonds. The number of pyridine rings is 1. The van der Waals surface area contributed by atoms with Crippen molar-refractivity contribution in [2.45, 2.75) is 40.2 Å². The molecule has 0 aliphatic carbocycles. The van der Waals surface area contributed by atoms with E-state index in [-0.39, 0.29) is 18.0 Å². The molecule has 0 atom stereocenters. The molecule has 0 saturated carbocycles. The molecule has 1 aromatic heterocycles. The number of amides is 1. The topological polar surface area (TPSA) is 100 Å². The Bertz CT molecular complexity index is 877. The number of carbonyl (C=O) groups is 1. The van der Waals surface area contributed by atoms with E-state index in [1.54, 1.807) is 6.07 Å². The molecule has 2 rings (SSSR count). The molecule has 6 nitrogen and oxygen atoms in total. The van der Waals surface area contributed by atoms with Crippen LogP contribution >= 0.6 is 11.6 Å². The van der Waals surface area contributed by atoms with E-state index in [2.05, 4.69) is 15.6 Å². The minimum Gasteiger partial charge on any atom is -0.385 e. The highest BCUT2D eigenvalue weighted by Gasteiger charge is 2.15. The van der Waals surface area contributed by atoms with Crippen molar-refractivity contribution in [1.29, 1.82) is 0 Å². The first-order valence-electron chi connectivity index (χ1n) is 9.05. The summed E-state index contributed by atoms with van der Waals surface area (Å²) in [5.74, 6) is -0.264. The summed E-state index contributed by atoms with van der Waals surface area (Å²) >= 11 is 6.20. The second-order valence-corrected chi connectivity index (χ2v) is 7.11. The van der Waals surface area contributed by atoms with Gasteiger partial charge in [0, 0.05) is 40.6 Å². The molecule has 0 radical (unpaired) electrons. The fourth-order valence-electron chi connectivity index (χ4n) is 2.96. The van der Waals surface area contributed by atoms with E-state index in [0.29, 0.717) is 22.7 Å². The average Bonchev–Trinajstić information content (AvgIpc) is 2.60. The molecule has 0 spiro atoms. The smallest absolute Gasteiger partial charge is 0.253 e. The summed E-state index contributed by atoms with van der Waals surface area (Å²) in [7, 11) is 0. The fourth-order valence-corrected chi connectivity index (χ4v) is 3.17. The number of nitrogens with two attached hydrogens (primary N) is 1. The number of hydrogen-bond acceptors (Lipinski definition) is 4. The van der Waals surface area contributed by atoms with Gasteiger partial charge in [0.25, 0.3) is 11.5 Å². The van der Waals surface area contributed by atoms with Crippen molar-refractivity contribution in [1.82, 2.24) is 10.3 Å². The average molecular weight is 391 g/mol. The van der Waals surface area contributed by atoms with Crippen LogP contribution in [-0.4, -0.2) is 24.0 Å². The highest BCUT2D eigenvalue weighted by molar-refractivity contribution is 6.31. The third kappa shape index (κ3) is 5.58. The number of hydrogen-bond donors (Lipinski definition) is 4. The number of H-pyrrole nitrogens is 1. The van der Waals surface area contributed by atoms with Crippen molar-refractivity contribution >= 4 is 23.2 Å². The molecule has 0 aliphatic rings. The van der Waals surface area contributed by atoms with E-state index < -0.39 is 0 Å². The number of aromatic nitrogens is 1. The minimum absolute atomic E-state index is 0.158. The minimum atomic E-state index is -0.264. The number of anilines is 1. The van der Waals surface area contributed by atoms with Crippen molar-refractivity contribution in [2.75, 3.05) is 18.4 Å². The van der Waals surface area contributed by atoms with Gasteiger partial charge in [0.05, 0.1) is 0 Å². The zero-order valence-corrected chi connectivity index (χ0v) is 16.8. The molecule has 0 aliphatic heterocycles. The van der Waals surface area contributed by atoms with Gasteiger partial charge in [-0.05, 0) is 69.5 Å². The van der Waals surface area contributed by atoms with Crippen LogP contribution in [0, 0.1) is 20.8 Å². The van der Waals surface area contributed by atoms with Crippen LogP contribution in [0.2, 0.25) is 5.02 Å². The summed E-state index contributed by atoms with van der Waals surface area (Å²) in [6.07, 6.45) is 1.88. The van der Waals surface area contributed by atoms with Gasteiger partial charge in [0.1, 0.15) is 0 Å². The molecular weight excluding hydrogens is 364 g/mol. The second kappa shape index (κ2) is 9.58. The van der Waals surface area contributed by atoms with Gasteiger partial charge < -0.3 is 21.4 Å². The Balaban J connectivity index is 2.14. The van der Waals surface area contributed by atoms with Crippen LogP contribution in [0.3, 0.4) is 0 Å². The lowest BCUT2D eigenvalue weighted by atomic mass is 10.0. The lowest BCUT2D eigenvalue weighted by Crippen LogP contribution is -2.28. The molecule has 2 aromatic rings. The second-order valence-electron chi connectivity index (χ2n) is 6.67. The highest BCUT2D eigenvalue weighted by Crippen LogP contribution is 2.25. The van der Waals surface area contributed by atoms with Crippen molar-refractivity contribution < 1.29 is 4.79 Å². The molecule has 0 unspecified atom stereocenters. The van der Waals surface area contributed by atoms with Crippen LogP contribution in [0.1, 0.15) is 45.6 Å². The van der Waals surface area contributed by atoms with E-state index in [4.69, 9.17) is 17.3 Å². The van der Waals surface area contributed by atoms with Gasteiger partial charge in [-0.1, -0.05) is 11.6 Å². The standard InChI is InChI=1S/C20H27ClN4O2/c1-12-8-13(2)25-20(27)17(12)11-24-19(26)16-9-15(21)10-18(14(16)3)23-7-5-4-6-22/h8-10,23H,4-7,11,22H2,1-3H3,(H,24,26)(H,25,27). The Morgan fingerprint density at radius 1 is 1.19 bits per heavy atom. The first-order valence-corrected chi connectivity index (χ1v) is 9.43. The molecule has 0 fully saturated rings. The molecule has 0 bridgehead atoms. The van der Waals surface area contributed by atoms with E-state index >= 15 is 0 Å². The number of aryl methyl sites for hydroxylation is 2. The monoisotopic (exact) mass is 390 g/mol. The van der Waals surface area contributed by atoms with Crippen LogP contribution in [0.25, 0.3) is 0 Å². The largest absolute Gasteiger partial charge is 0.385 e. The highest BCUT2D eigenvalue weighted by atomic mass is 35.5. The van der Waals surface area contributed by atoms with Gasteiger partial charge in [0.15, 0.2) is 0 Å². The normalized spacial score (nSPS) is 10.7. The van der Waals surface area contributed by atoms with Crippen LogP contribution in [0.5, 0.6) is 0 Å². The maximum absolute atomic E-state index is 12.7. The zero-order chi connectivity index (χ0) is 20.0.